The molecular formula is C11H23NO. The van der Waals surface area contributed by atoms with Crippen molar-refractivity contribution in [1.82, 2.24) is 4.90 Å². The van der Waals surface area contributed by atoms with E-state index in [4.69, 9.17) is 4.74 Å². The predicted octanol–water partition coefficient (Wildman–Crippen LogP) is 2.29. The van der Waals surface area contributed by atoms with Crippen LogP contribution in [0, 0.1) is 0 Å². The normalized spacial score (nSPS) is 22.8. The molecule has 1 saturated heterocycles. The third kappa shape index (κ3) is 5.27. The summed E-state index contributed by atoms with van der Waals surface area (Å²) < 4.78 is 5.54. The Morgan fingerprint density at radius 1 is 1.00 bits per heavy atom. The second-order valence-corrected chi connectivity index (χ2v) is 3.87. The van der Waals surface area contributed by atoms with Gasteiger partial charge in [-0.25, -0.2) is 0 Å². The average molecular weight is 185 g/mol. The average Bonchev–Trinajstić information content (AvgIpc) is 2.16. The van der Waals surface area contributed by atoms with Crippen LogP contribution in [0.25, 0.3) is 0 Å². The largest absolute Gasteiger partial charge is 0.380 e. The minimum atomic E-state index is 0.931. The Kier molecular flexibility index (Phi) is 6.21. The van der Waals surface area contributed by atoms with Crippen molar-refractivity contribution in [2.75, 3.05) is 32.8 Å². The number of nitrogens with zero attached hydrogens (tertiary/aromatic N) is 1. The van der Waals surface area contributed by atoms with Crippen molar-refractivity contribution < 1.29 is 4.74 Å². The van der Waals surface area contributed by atoms with Gasteiger partial charge in [0, 0.05) is 13.2 Å². The van der Waals surface area contributed by atoms with Crippen molar-refractivity contribution in [1.29, 1.82) is 0 Å². The second kappa shape index (κ2) is 7.34. The molecule has 78 valence electrons. The zero-order valence-corrected chi connectivity index (χ0v) is 8.93. The summed E-state index contributed by atoms with van der Waals surface area (Å²) in [7, 11) is 0. The third-order valence-corrected chi connectivity index (χ3v) is 2.60. The van der Waals surface area contributed by atoms with E-state index in [1.807, 2.05) is 0 Å². The van der Waals surface area contributed by atoms with E-state index in [1.165, 1.54) is 45.2 Å². The van der Waals surface area contributed by atoms with Gasteiger partial charge in [0.05, 0.1) is 6.61 Å². The van der Waals surface area contributed by atoms with Crippen LogP contribution in [0.15, 0.2) is 0 Å². The molecule has 1 rings (SSSR count). The van der Waals surface area contributed by atoms with Crippen LogP contribution < -0.4 is 0 Å². The molecule has 0 aromatic heterocycles. The molecule has 2 heteroatoms. The van der Waals surface area contributed by atoms with Crippen molar-refractivity contribution >= 4 is 0 Å². The summed E-state index contributed by atoms with van der Waals surface area (Å²) in [4.78, 5) is 2.53. The molecule has 0 aromatic rings. The lowest BCUT2D eigenvalue weighted by Gasteiger charge is -2.22. The summed E-state index contributed by atoms with van der Waals surface area (Å²) in [5.74, 6) is 0. The van der Waals surface area contributed by atoms with Gasteiger partial charge in [0.15, 0.2) is 0 Å². The fourth-order valence-electron chi connectivity index (χ4n) is 1.84. The SMILES string of the molecule is CCCN1CCCCCCOCC1. The van der Waals surface area contributed by atoms with E-state index in [1.54, 1.807) is 0 Å². The molecule has 0 unspecified atom stereocenters. The lowest BCUT2D eigenvalue weighted by atomic mass is 10.2. The Morgan fingerprint density at radius 2 is 1.85 bits per heavy atom. The molecule has 0 amide bonds. The molecule has 1 fully saturated rings. The Bertz CT molecular complexity index is 107. The quantitative estimate of drug-likeness (QED) is 0.654. The zero-order chi connectivity index (χ0) is 9.36. The van der Waals surface area contributed by atoms with Gasteiger partial charge >= 0.3 is 0 Å². The van der Waals surface area contributed by atoms with Gasteiger partial charge in [-0.15, -0.1) is 0 Å². The van der Waals surface area contributed by atoms with E-state index in [9.17, 15) is 0 Å². The van der Waals surface area contributed by atoms with E-state index >= 15 is 0 Å². The summed E-state index contributed by atoms with van der Waals surface area (Å²) in [5, 5.41) is 0. The molecule has 0 spiro atoms. The van der Waals surface area contributed by atoms with Crippen molar-refractivity contribution in [3.63, 3.8) is 0 Å². The fraction of sp³-hybridized carbons (Fsp3) is 1.00. The number of hydrogen-bond donors (Lipinski definition) is 0. The molecule has 0 aliphatic carbocycles. The van der Waals surface area contributed by atoms with Gasteiger partial charge in [0.2, 0.25) is 0 Å². The van der Waals surface area contributed by atoms with E-state index < -0.39 is 0 Å². The standard InChI is InChI=1S/C11H23NO/c1-2-7-12-8-5-3-4-6-10-13-11-9-12/h2-11H2,1H3. The first kappa shape index (κ1) is 11.0. The Balaban J connectivity index is 2.18. The molecule has 0 saturated carbocycles. The highest BCUT2D eigenvalue weighted by molar-refractivity contribution is 4.58. The molecule has 0 radical (unpaired) electrons. The molecule has 0 N–H and O–H groups in total. The highest BCUT2D eigenvalue weighted by atomic mass is 16.5. The molecule has 0 bridgehead atoms. The summed E-state index contributed by atoms with van der Waals surface area (Å²) in [6.45, 7) is 7.80. The van der Waals surface area contributed by atoms with Crippen molar-refractivity contribution in [2.24, 2.45) is 0 Å². The van der Waals surface area contributed by atoms with Gasteiger partial charge in [0.25, 0.3) is 0 Å². The van der Waals surface area contributed by atoms with E-state index in [0.717, 1.165) is 19.8 Å². The molecule has 1 aliphatic heterocycles. The highest BCUT2D eigenvalue weighted by Crippen LogP contribution is 2.05. The molecule has 0 aromatic carbocycles. The van der Waals surface area contributed by atoms with Crippen LogP contribution in [0.1, 0.15) is 39.0 Å². The zero-order valence-electron chi connectivity index (χ0n) is 8.93. The van der Waals surface area contributed by atoms with Crippen LogP contribution in [-0.2, 0) is 4.74 Å². The smallest absolute Gasteiger partial charge is 0.0593 e. The minimum Gasteiger partial charge on any atom is -0.380 e. The predicted molar refractivity (Wildman–Crippen MR) is 56.0 cm³/mol. The first-order valence-corrected chi connectivity index (χ1v) is 5.73. The third-order valence-electron chi connectivity index (χ3n) is 2.60. The van der Waals surface area contributed by atoms with Crippen LogP contribution in [0.4, 0.5) is 0 Å². The van der Waals surface area contributed by atoms with Crippen LogP contribution in [0.3, 0.4) is 0 Å². The molecule has 1 heterocycles. The maximum Gasteiger partial charge on any atom is 0.0593 e. The first-order valence-electron chi connectivity index (χ1n) is 5.73. The Hall–Kier alpha value is -0.0800. The monoisotopic (exact) mass is 185 g/mol. The summed E-state index contributed by atoms with van der Waals surface area (Å²) in [5.41, 5.74) is 0. The van der Waals surface area contributed by atoms with Crippen LogP contribution in [-0.4, -0.2) is 37.7 Å². The van der Waals surface area contributed by atoms with Gasteiger partial charge in [-0.2, -0.15) is 0 Å². The lowest BCUT2D eigenvalue weighted by molar-refractivity contribution is 0.0940. The van der Waals surface area contributed by atoms with Gasteiger partial charge in [-0.3, -0.25) is 0 Å². The Labute approximate surface area is 82.3 Å². The minimum absolute atomic E-state index is 0.931. The summed E-state index contributed by atoms with van der Waals surface area (Å²) in [6, 6.07) is 0. The molecular weight excluding hydrogens is 162 g/mol. The van der Waals surface area contributed by atoms with Gasteiger partial charge in [-0.05, 0) is 32.4 Å². The highest BCUT2D eigenvalue weighted by Gasteiger charge is 2.04. The van der Waals surface area contributed by atoms with Crippen LogP contribution >= 0.6 is 0 Å². The summed E-state index contributed by atoms with van der Waals surface area (Å²) >= 11 is 0. The molecule has 0 atom stereocenters. The maximum atomic E-state index is 5.54. The van der Waals surface area contributed by atoms with E-state index in [2.05, 4.69) is 11.8 Å². The number of rotatable bonds is 2. The molecule has 13 heavy (non-hydrogen) atoms. The van der Waals surface area contributed by atoms with E-state index in [-0.39, 0.29) is 0 Å². The molecule has 2 nitrogen and oxygen atoms in total. The van der Waals surface area contributed by atoms with Crippen molar-refractivity contribution in [2.45, 2.75) is 39.0 Å². The van der Waals surface area contributed by atoms with Gasteiger partial charge in [0.1, 0.15) is 0 Å². The topological polar surface area (TPSA) is 12.5 Å². The Morgan fingerprint density at radius 3 is 2.69 bits per heavy atom. The van der Waals surface area contributed by atoms with Crippen molar-refractivity contribution in [3.8, 4) is 0 Å². The van der Waals surface area contributed by atoms with E-state index in [0.29, 0.717) is 0 Å². The fourth-order valence-corrected chi connectivity index (χ4v) is 1.84. The summed E-state index contributed by atoms with van der Waals surface area (Å²) in [6.07, 6.45) is 6.62. The lowest BCUT2D eigenvalue weighted by Crippen LogP contribution is -2.30. The van der Waals surface area contributed by atoms with Gasteiger partial charge < -0.3 is 9.64 Å². The van der Waals surface area contributed by atoms with Crippen LogP contribution in [0.5, 0.6) is 0 Å². The molecule has 1 aliphatic rings. The number of hydrogen-bond acceptors (Lipinski definition) is 2. The first-order chi connectivity index (χ1) is 6.43. The van der Waals surface area contributed by atoms with Crippen LogP contribution in [0.2, 0.25) is 0 Å². The maximum absolute atomic E-state index is 5.54. The number of ether oxygens (including phenoxy) is 1. The van der Waals surface area contributed by atoms with Gasteiger partial charge in [-0.1, -0.05) is 19.8 Å². The van der Waals surface area contributed by atoms with Crippen molar-refractivity contribution in [3.05, 3.63) is 0 Å². The second-order valence-electron chi connectivity index (χ2n) is 3.87.